The van der Waals surface area contributed by atoms with Gasteiger partial charge in [0.05, 0.1) is 17.4 Å². The fraction of sp³-hybridized carbons (Fsp3) is 0.700. The lowest BCUT2D eigenvalue weighted by Gasteiger charge is -2.07. The van der Waals surface area contributed by atoms with Crippen LogP contribution in [0.5, 0.6) is 0 Å². The lowest BCUT2D eigenvalue weighted by molar-refractivity contribution is -0.124. The van der Waals surface area contributed by atoms with Gasteiger partial charge in [0.2, 0.25) is 5.91 Å². The van der Waals surface area contributed by atoms with Gasteiger partial charge in [0.25, 0.3) is 0 Å². The summed E-state index contributed by atoms with van der Waals surface area (Å²) in [4.78, 5) is 11.5. The molecule has 1 heterocycles. The minimum Gasteiger partial charge on any atom is -0.356 e. The zero-order chi connectivity index (χ0) is 11.3. The molecule has 0 saturated carbocycles. The summed E-state index contributed by atoms with van der Waals surface area (Å²) in [5.41, 5.74) is 0. The molecule has 1 aliphatic heterocycles. The third kappa shape index (κ3) is 4.03. The number of carbonyl (C=O) groups is 1. The quantitative estimate of drug-likeness (QED) is 0.566. The maximum Gasteiger partial charge on any atom is 0.224 e. The van der Waals surface area contributed by atoms with Gasteiger partial charge < -0.3 is 5.32 Å². The zero-order valence-electron chi connectivity index (χ0n) is 8.90. The van der Waals surface area contributed by atoms with E-state index in [-0.39, 0.29) is 23.3 Å². The first-order valence-electron chi connectivity index (χ1n) is 5.14. The molecule has 15 heavy (non-hydrogen) atoms. The van der Waals surface area contributed by atoms with Crippen molar-refractivity contribution in [2.24, 2.45) is 5.92 Å². The molecule has 1 rings (SSSR count). The monoisotopic (exact) mass is 231 g/mol. The van der Waals surface area contributed by atoms with Crippen molar-refractivity contribution in [1.29, 1.82) is 0 Å². The highest BCUT2D eigenvalue weighted by molar-refractivity contribution is 7.91. The molecule has 1 atom stereocenters. The van der Waals surface area contributed by atoms with Crippen LogP contribution in [0.4, 0.5) is 0 Å². The van der Waals surface area contributed by atoms with Crippen molar-refractivity contribution in [1.82, 2.24) is 5.32 Å². The highest BCUT2D eigenvalue weighted by Gasteiger charge is 2.32. The molecule has 1 fully saturated rings. The first kappa shape index (κ1) is 12.2. The van der Waals surface area contributed by atoms with Crippen molar-refractivity contribution >= 4 is 15.7 Å². The molecule has 0 aromatic rings. The highest BCUT2D eigenvalue weighted by atomic mass is 32.2. The van der Waals surface area contributed by atoms with Crippen LogP contribution < -0.4 is 5.32 Å². The Hall–Kier alpha value is -0.840. The van der Waals surface area contributed by atoms with Crippen LogP contribution in [0.25, 0.3) is 0 Å². The van der Waals surface area contributed by atoms with Crippen molar-refractivity contribution in [2.45, 2.75) is 19.8 Å². The number of amides is 1. The Morgan fingerprint density at radius 2 is 2.27 bits per heavy atom. The fourth-order valence-electron chi connectivity index (χ4n) is 1.59. The van der Waals surface area contributed by atoms with Crippen molar-refractivity contribution in [2.75, 3.05) is 18.1 Å². The van der Waals surface area contributed by atoms with Gasteiger partial charge in [0.1, 0.15) is 0 Å². The van der Waals surface area contributed by atoms with Crippen LogP contribution in [0.15, 0.2) is 12.2 Å². The summed E-state index contributed by atoms with van der Waals surface area (Å²) in [6.45, 7) is 2.51. The second kappa shape index (κ2) is 5.30. The largest absolute Gasteiger partial charge is 0.356 e. The van der Waals surface area contributed by atoms with Gasteiger partial charge in [0, 0.05) is 6.54 Å². The molecule has 0 radical (unpaired) electrons. The van der Waals surface area contributed by atoms with E-state index < -0.39 is 9.84 Å². The van der Waals surface area contributed by atoms with E-state index in [9.17, 15) is 13.2 Å². The van der Waals surface area contributed by atoms with Crippen molar-refractivity contribution < 1.29 is 13.2 Å². The van der Waals surface area contributed by atoms with Crippen LogP contribution in [0, 0.1) is 5.92 Å². The summed E-state index contributed by atoms with van der Waals surface area (Å²) in [6.07, 6.45) is 5.15. The summed E-state index contributed by atoms with van der Waals surface area (Å²) in [5.74, 6) is -0.288. The molecule has 1 unspecified atom stereocenters. The highest BCUT2D eigenvalue weighted by Crippen LogP contribution is 2.18. The number of hydrogen-bond donors (Lipinski definition) is 1. The van der Waals surface area contributed by atoms with Gasteiger partial charge in [-0.1, -0.05) is 12.2 Å². The van der Waals surface area contributed by atoms with E-state index in [1.807, 2.05) is 19.1 Å². The van der Waals surface area contributed by atoms with Crippen LogP contribution >= 0.6 is 0 Å². The molecule has 5 heteroatoms. The second-order valence-electron chi connectivity index (χ2n) is 3.75. The Balaban J connectivity index is 2.30. The van der Waals surface area contributed by atoms with E-state index in [4.69, 9.17) is 0 Å². The average Bonchev–Trinajstić information content (AvgIpc) is 2.53. The molecule has 0 spiro atoms. The average molecular weight is 231 g/mol. The van der Waals surface area contributed by atoms with E-state index in [1.54, 1.807) is 0 Å². The molecule has 0 aliphatic carbocycles. The number of sulfone groups is 1. The molecule has 0 bridgehead atoms. The minimum atomic E-state index is -2.95. The Morgan fingerprint density at radius 1 is 1.53 bits per heavy atom. The van der Waals surface area contributed by atoms with Gasteiger partial charge in [-0.25, -0.2) is 8.42 Å². The maximum absolute atomic E-state index is 11.5. The molecule has 86 valence electrons. The van der Waals surface area contributed by atoms with Crippen LogP contribution in [0.3, 0.4) is 0 Å². The van der Waals surface area contributed by atoms with Crippen LogP contribution in [-0.4, -0.2) is 32.4 Å². The maximum atomic E-state index is 11.5. The first-order chi connectivity index (χ1) is 7.05. The summed E-state index contributed by atoms with van der Waals surface area (Å²) < 4.78 is 22.3. The molecule has 0 aromatic heterocycles. The molecule has 1 aliphatic rings. The Morgan fingerprint density at radius 3 is 2.80 bits per heavy atom. The molecule has 1 N–H and O–H groups in total. The van der Waals surface area contributed by atoms with E-state index in [0.717, 1.165) is 6.42 Å². The molecular weight excluding hydrogens is 214 g/mol. The Kier molecular flexibility index (Phi) is 4.32. The van der Waals surface area contributed by atoms with E-state index >= 15 is 0 Å². The minimum absolute atomic E-state index is 0.0163. The zero-order valence-corrected chi connectivity index (χ0v) is 9.72. The van der Waals surface area contributed by atoms with E-state index in [0.29, 0.717) is 13.0 Å². The number of allylic oxidation sites excluding steroid dienone is 1. The van der Waals surface area contributed by atoms with Crippen molar-refractivity contribution in [3.63, 3.8) is 0 Å². The molecular formula is C10H17NO3S. The topological polar surface area (TPSA) is 63.2 Å². The van der Waals surface area contributed by atoms with Gasteiger partial charge in [-0.15, -0.1) is 0 Å². The molecule has 4 nitrogen and oxygen atoms in total. The SMILES string of the molecule is C/C=C/CCNC(=O)C1CCS(=O)(=O)C1. The predicted molar refractivity (Wildman–Crippen MR) is 59.2 cm³/mol. The standard InChI is InChI=1S/C10H17NO3S/c1-2-3-4-6-11-10(12)9-5-7-15(13,14)8-9/h2-3,9H,4-8H2,1H3,(H,11,12)/b3-2+. The van der Waals surface area contributed by atoms with Gasteiger partial charge in [0.15, 0.2) is 9.84 Å². The molecule has 1 saturated heterocycles. The summed E-state index contributed by atoms with van der Waals surface area (Å²) in [6, 6.07) is 0. The number of rotatable bonds is 4. The predicted octanol–water partition coefficient (Wildman–Crippen LogP) is 0.503. The van der Waals surface area contributed by atoms with Gasteiger partial charge in [-0.2, -0.15) is 0 Å². The Bertz CT molecular complexity index is 346. The summed E-state index contributed by atoms with van der Waals surface area (Å²) in [7, 11) is -2.95. The summed E-state index contributed by atoms with van der Waals surface area (Å²) in [5, 5.41) is 2.74. The second-order valence-corrected chi connectivity index (χ2v) is 5.98. The van der Waals surface area contributed by atoms with E-state index in [1.165, 1.54) is 0 Å². The summed E-state index contributed by atoms with van der Waals surface area (Å²) >= 11 is 0. The normalized spacial score (nSPS) is 24.5. The first-order valence-corrected chi connectivity index (χ1v) is 6.96. The van der Waals surface area contributed by atoms with Gasteiger partial charge in [-0.3, -0.25) is 4.79 Å². The van der Waals surface area contributed by atoms with Crippen LogP contribution in [0.1, 0.15) is 19.8 Å². The van der Waals surface area contributed by atoms with Gasteiger partial charge in [-0.05, 0) is 19.8 Å². The third-order valence-electron chi connectivity index (χ3n) is 2.45. The van der Waals surface area contributed by atoms with Crippen molar-refractivity contribution in [3.05, 3.63) is 12.2 Å². The molecule has 1 amide bonds. The number of hydrogen-bond acceptors (Lipinski definition) is 3. The lowest BCUT2D eigenvalue weighted by Crippen LogP contribution is -2.31. The van der Waals surface area contributed by atoms with Crippen LogP contribution in [-0.2, 0) is 14.6 Å². The smallest absolute Gasteiger partial charge is 0.224 e. The number of carbonyl (C=O) groups excluding carboxylic acids is 1. The van der Waals surface area contributed by atoms with Gasteiger partial charge >= 0.3 is 0 Å². The van der Waals surface area contributed by atoms with Crippen LogP contribution in [0.2, 0.25) is 0 Å². The number of nitrogens with one attached hydrogen (secondary N) is 1. The van der Waals surface area contributed by atoms with Crippen molar-refractivity contribution in [3.8, 4) is 0 Å². The fourth-order valence-corrected chi connectivity index (χ4v) is 3.33. The third-order valence-corrected chi connectivity index (χ3v) is 4.22. The Labute approximate surface area is 90.7 Å². The van der Waals surface area contributed by atoms with E-state index in [2.05, 4.69) is 5.32 Å². The molecule has 0 aromatic carbocycles. The lowest BCUT2D eigenvalue weighted by atomic mass is 10.1.